The number of amides is 1. The van der Waals surface area contributed by atoms with E-state index in [1.165, 1.54) is 18.2 Å². The highest BCUT2D eigenvalue weighted by Crippen LogP contribution is 2.34. The average Bonchev–Trinajstić information content (AvgIpc) is 3.14. The van der Waals surface area contributed by atoms with Gasteiger partial charge in [0.2, 0.25) is 5.95 Å². The lowest BCUT2D eigenvalue weighted by Crippen LogP contribution is -2.50. The lowest BCUT2D eigenvalue weighted by molar-refractivity contribution is 0.0920. The summed E-state index contributed by atoms with van der Waals surface area (Å²) in [5, 5.41) is 9.99. The fraction of sp³-hybridized carbons (Fsp3) is 0.188. The van der Waals surface area contributed by atoms with E-state index in [0.29, 0.717) is 51.2 Å². The van der Waals surface area contributed by atoms with Gasteiger partial charge in [-0.05, 0) is 67.4 Å². The number of aromatic nitrogens is 2. The molecule has 4 aromatic rings. The molecule has 6 rings (SSSR count). The van der Waals surface area contributed by atoms with Crippen LogP contribution >= 0.6 is 11.6 Å². The van der Waals surface area contributed by atoms with Crippen molar-refractivity contribution < 1.29 is 13.6 Å². The fourth-order valence-electron chi connectivity index (χ4n) is 5.33. The third kappa shape index (κ3) is 5.53. The minimum atomic E-state index is -0.716. The smallest absolute Gasteiger partial charge is 0.251 e. The van der Waals surface area contributed by atoms with Gasteiger partial charge in [0.1, 0.15) is 11.6 Å². The number of carbonyl (C=O) groups excluding carboxylic acids is 1. The molecule has 7 nitrogen and oxygen atoms in total. The molecule has 2 unspecified atom stereocenters. The van der Waals surface area contributed by atoms with Crippen LogP contribution in [0, 0.1) is 17.6 Å². The maximum atomic E-state index is 14.8. The third-order valence-corrected chi connectivity index (χ3v) is 7.76. The maximum absolute atomic E-state index is 14.8. The van der Waals surface area contributed by atoms with Crippen LogP contribution in [0.5, 0.6) is 0 Å². The minimum absolute atomic E-state index is 0.00772. The zero-order valence-electron chi connectivity index (χ0n) is 22.5. The molecule has 0 bridgehead atoms. The van der Waals surface area contributed by atoms with Gasteiger partial charge in [0.05, 0.1) is 23.5 Å². The van der Waals surface area contributed by atoms with Crippen molar-refractivity contribution in [3.05, 3.63) is 118 Å². The Morgan fingerprint density at radius 3 is 2.62 bits per heavy atom. The Bertz CT molecular complexity index is 1690. The number of rotatable bonds is 6. The lowest BCUT2D eigenvalue weighted by Gasteiger charge is -2.30. The molecule has 1 fully saturated rings. The third-order valence-electron chi connectivity index (χ3n) is 7.52. The summed E-state index contributed by atoms with van der Waals surface area (Å²) < 4.78 is 29.6. The highest BCUT2D eigenvalue weighted by Gasteiger charge is 2.26. The number of fused-ring (bicyclic) bond motifs is 3. The Kier molecular flexibility index (Phi) is 7.78. The molecule has 2 atom stereocenters. The summed E-state index contributed by atoms with van der Waals surface area (Å²) in [7, 11) is 0. The van der Waals surface area contributed by atoms with Gasteiger partial charge in [0, 0.05) is 51.7 Å². The molecule has 3 N–H and O–H groups in total. The van der Waals surface area contributed by atoms with Gasteiger partial charge in [-0.15, -0.1) is 6.58 Å². The first-order valence-electron chi connectivity index (χ1n) is 13.6. The van der Waals surface area contributed by atoms with Gasteiger partial charge in [-0.1, -0.05) is 29.8 Å². The minimum Gasteiger partial charge on any atom is -0.347 e. The SMILES string of the molecule is C=CC1CCNCC1NC(=O)c1ccc(Nc2ncc3c(n2)-c2ccc(Cl)cc2C(c2c(F)cccc2F)=NC3)cc1. The van der Waals surface area contributed by atoms with Gasteiger partial charge in [-0.25, -0.2) is 18.7 Å². The standard InChI is InChI=1S/C32H27ClF2N6O/c1-2-18-12-13-36-17-27(18)40-31(42)19-6-9-22(10-7-19)39-32-38-16-20-15-37-30(28-25(34)4-3-5-26(28)35)24-14-21(33)8-11-23(24)29(20)41-32/h2-11,14,16,18,27,36H,1,12-13,15,17H2,(H,40,42)(H,38,39,41). The Morgan fingerprint density at radius 1 is 1.07 bits per heavy atom. The first kappa shape index (κ1) is 27.7. The highest BCUT2D eigenvalue weighted by molar-refractivity contribution is 6.31. The van der Waals surface area contributed by atoms with Gasteiger partial charge >= 0.3 is 0 Å². The van der Waals surface area contributed by atoms with Crippen molar-refractivity contribution in [1.82, 2.24) is 20.6 Å². The number of nitrogens with one attached hydrogen (secondary N) is 3. The number of hydrogen-bond donors (Lipinski definition) is 3. The number of hydrogen-bond acceptors (Lipinski definition) is 6. The van der Waals surface area contributed by atoms with Gasteiger partial charge < -0.3 is 16.0 Å². The second-order valence-corrected chi connectivity index (χ2v) is 10.6. The van der Waals surface area contributed by atoms with Crippen LogP contribution in [0.25, 0.3) is 11.3 Å². The Labute approximate surface area is 246 Å². The number of halogens is 3. The number of carbonyl (C=O) groups is 1. The predicted molar refractivity (Wildman–Crippen MR) is 160 cm³/mol. The van der Waals surface area contributed by atoms with Crippen LogP contribution in [0.3, 0.4) is 0 Å². The summed E-state index contributed by atoms with van der Waals surface area (Å²) in [4.78, 5) is 26.6. The fourth-order valence-corrected chi connectivity index (χ4v) is 5.50. The van der Waals surface area contributed by atoms with Crippen molar-refractivity contribution in [3.8, 4) is 11.3 Å². The van der Waals surface area contributed by atoms with Crippen LogP contribution in [0.1, 0.15) is 33.5 Å². The molecule has 3 aromatic carbocycles. The number of benzene rings is 3. The molecule has 0 aliphatic carbocycles. The van der Waals surface area contributed by atoms with E-state index < -0.39 is 11.6 Å². The number of piperidine rings is 1. The Morgan fingerprint density at radius 2 is 1.86 bits per heavy atom. The quantitative estimate of drug-likeness (QED) is 0.240. The molecular weight excluding hydrogens is 558 g/mol. The molecule has 3 heterocycles. The molecule has 0 spiro atoms. The summed E-state index contributed by atoms with van der Waals surface area (Å²) in [6.45, 7) is 5.63. The van der Waals surface area contributed by atoms with Gasteiger partial charge in [0.15, 0.2) is 0 Å². The molecule has 10 heteroatoms. The van der Waals surface area contributed by atoms with Gasteiger partial charge in [-0.3, -0.25) is 9.79 Å². The van der Waals surface area contributed by atoms with Crippen molar-refractivity contribution in [1.29, 1.82) is 0 Å². The Hall–Kier alpha value is -4.47. The van der Waals surface area contributed by atoms with Crippen LogP contribution in [0.2, 0.25) is 5.02 Å². The highest BCUT2D eigenvalue weighted by atomic mass is 35.5. The lowest BCUT2D eigenvalue weighted by atomic mass is 9.92. The topological polar surface area (TPSA) is 91.3 Å². The molecule has 1 saturated heterocycles. The molecule has 212 valence electrons. The van der Waals surface area contributed by atoms with Crippen LogP contribution in [0.4, 0.5) is 20.4 Å². The average molecular weight is 585 g/mol. The van der Waals surface area contributed by atoms with E-state index in [1.807, 2.05) is 6.08 Å². The monoisotopic (exact) mass is 584 g/mol. The predicted octanol–water partition coefficient (Wildman–Crippen LogP) is 6.06. The van der Waals surface area contributed by atoms with E-state index in [1.54, 1.807) is 48.7 Å². The molecule has 0 saturated carbocycles. The summed E-state index contributed by atoms with van der Waals surface area (Å²) in [6.07, 6.45) is 4.48. The first-order valence-corrected chi connectivity index (χ1v) is 14.0. The van der Waals surface area contributed by atoms with E-state index in [-0.39, 0.29) is 35.7 Å². The molecule has 0 radical (unpaired) electrons. The van der Waals surface area contributed by atoms with E-state index in [0.717, 1.165) is 13.0 Å². The molecule has 42 heavy (non-hydrogen) atoms. The Balaban J connectivity index is 1.25. The summed E-state index contributed by atoms with van der Waals surface area (Å²) in [6, 6.07) is 15.8. The zero-order chi connectivity index (χ0) is 29.2. The molecule has 2 aliphatic rings. The van der Waals surface area contributed by atoms with Crippen LogP contribution < -0.4 is 16.0 Å². The zero-order valence-corrected chi connectivity index (χ0v) is 23.3. The second kappa shape index (κ2) is 11.8. The van der Waals surface area contributed by atoms with Crippen LogP contribution in [-0.2, 0) is 6.54 Å². The van der Waals surface area contributed by atoms with Gasteiger partial charge in [0.25, 0.3) is 5.91 Å². The first-order chi connectivity index (χ1) is 20.4. The van der Waals surface area contributed by atoms with Crippen molar-refractivity contribution in [2.45, 2.75) is 19.0 Å². The molecule has 1 aromatic heterocycles. The number of anilines is 2. The number of aliphatic imine (C=N–C) groups is 1. The van der Waals surface area contributed by atoms with Crippen LogP contribution in [0.15, 0.2) is 84.5 Å². The molecule has 2 aliphatic heterocycles. The largest absolute Gasteiger partial charge is 0.347 e. The van der Waals surface area contributed by atoms with E-state index >= 15 is 0 Å². The number of nitrogens with zero attached hydrogens (tertiary/aromatic N) is 3. The van der Waals surface area contributed by atoms with Crippen LogP contribution in [-0.4, -0.2) is 40.7 Å². The van der Waals surface area contributed by atoms with E-state index in [9.17, 15) is 13.6 Å². The van der Waals surface area contributed by atoms with Crippen molar-refractivity contribution in [2.75, 3.05) is 18.4 Å². The molecule has 1 amide bonds. The normalized spacial score (nSPS) is 17.7. The second-order valence-electron chi connectivity index (χ2n) is 10.2. The maximum Gasteiger partial charge on any atom is 0.251 e. The van der Waals surface area contributed by atoms with E-state index in [2.05, 4.69) is 32.5 Å². The summed E-state index contributed by atoms with van der Waals surface area (Å²) >= 11 is 6.31. The molecular formula is C32H27ClF2N6O. The van der Waals surface area contributed by atoms with E-state index in [4.69, 9.17) is 16.6 Å². The summed E-state index contributed by atoms with van der Waals surface area (Å²) in [5.41, 5.74) is 3.52. The van der Waals surface area contributed by atoms with Crippen molar-refractivity contribution in [2.24, 2.45) is 10.9 Å². The summed E-state index contributed by atoms with van der Waals surface area (Å²) in [5.74, 6) is -1.04. The van der Waals surface area contributed by atoms with Gasteiger partial charge in [-0.2, -0.15) is 0 Å². The van der Waals surface area contributed by atoms with Crippen molar-refractivity contribution >= 4 is 34.9 Å². The van der Waals surface area contributed by atoms with Crippen molar-refractivity contribution in [3.63, 3.8) is 0 Å².